The number of hydrogen-bond donors (Lipinski definition) is 2. The highest BCUT2D eigenvalue weighted by Gasteiger charge is 1.99. The van der Waals surface area contributed by atoms with Crippen molar-refractivity contribution in [2.75, 3.05) is 39.3 Å². The lowest BCUT2D eigenvalue weighted by atomic mass is 10.2. The fraction of sp³-hybridized carbons (Fsp3) is 0.941. The predicted octanol–water partition coefficient (Wildman–Crippen LogP) is 3.24. The smallest absolute Gasteiger partial charge is 0.191 e. The molecule has 0 heterocycles. The number of aliphatic imine (C=N–C) groups is 1. The van der Waals surface area contributed by atoms with Gasteiger partial charge >= 0.3 is 0 Å². The van der Waals surface area contributed by atoms with Crippen molar-refractivity contribution in [3.63, 3.8) is 0 Å². The zero-order valence-electron chi connectivity index (χ0n) is 14.9. The molecular formula is C17H38N4. The van der Waals surface area contributed by atoms with Gasteiger partial charge in [0, 0.05) is 19.6 Å². The number of hydrogen-bond acceptors (Lipinski definition) is 2. The van der Waals surface area contributed by atoms with Gasteiger partial charge in [0.1, 0.15) is 0 Å². The normalized spacial score (nSPS) is 12.0. The Morgan fingerprint density at radius 3 is 2.24 bits per heavy atom. The van der Waals surface area contributed by atoms with E-state index in [9.17, 15) is 0 Å². The molecule has 126 valence electrons. The molecule has 0 aliphatic heterocycles. The SMILES string of the molecule is CCCCCCN=C(NCC)NCCCCN(CC)CC. The van der Waals surface area contributed by atoms with Gasteiger partial charge in [0.05, 0.1) is 0 Å². The first-order valence-electron chi connectivity index (χ1n) is 9.02. The maximum absolute atomic E-state index is 4.63. The Balaban J connectivity index is 3.75. The average Bonchev–Trinajstić information content (AvgIpc) is 2.50. The molecule has 0 rings (SSSR count). The molecule has 4 nitrogen and oxygen atoms in total. The third-order valence-electron chi connectivity index (χ3n) is 3.71. The third-order valence-corrected chi connectivity index (χ3v) is 3.71. The zero-order valence-corrected chi connectivity index (χ0v) is 14.9. The molecule has 0 radical (unpaired) electrons. The van der Waals surface area contributed by atoms with Crippen molar-refractivity contribution >= 4 is 5.96 Å². The van der Waals surface area contributed by atoms with Gasteiger partial charge in [-0.3, -0.25) is 4.99 Å². The molecule has 0 bridgehead atoms. The number of unbranched alkanes of at least 4 members (excludes halogenated alkanes) is 4. The van der Waals surface area contributed by atoms with Crippen LogP contribution in [0.15, 0.2) is 4.99 Å². The minimum Gasteiger partial charge on any atom is -0.357 e. The van der Waals surface area contributed by atoms with Crippen LogP contribution in [0.4, 0.5) is 0 Å². The predicted molar refractivity (Wildman–Crippen MR) is 95.1 cm³/mol. The van der Waals surface area contributed by atoms with Gasteiger partial charge in [-0.2, -0.15) is 0 Å². The molecule has 0 fully saturated rings. The van der Waals surface area contributed by atoms with Crippen molar-refractivity contribution in [1.82, 2.24) is 15.5 Å². The van der Waals surface area contributed by atoms with E-state index in [1.165, 1.54) is 45.1 Å². The van der Waals surface area contributed by atoms with E-state index >= 15 is 0 Å². The van der Waals surface area contributed by atoms with Crippen molar-refractivity contribution < 1.29 is 0 Å². The summed E-state index contributed by atoms with van der Waals surface area (Å²) >= 11 is 0. The molecule has 0 spiro atoms. The zero-order chi connectivity index (χ0) is 15.8. The van der Waals surface area contributed by atoms with Crippen molar-refractivity contribution in [3.8, 4) is 0 Å². The first-order chi connectivity index (χ1) is 10.3. The first kappa shape index (κ1) is 20.2. The topological polar surface area (TPSA) is 39.7 Å². The summed E-state index contributed by atoms with van der Waals surface area (Å²) in [6, 6.07) is 0. The van der Waals surface area contributed by atoms with Crippen molar-refractivity contribution in [2.45, 2.75) is 66.2 Å². The van der Waals surface area contributed by atoms with E-state index in [0.717, 1.165) is 38.7 Å². The number of nitrogens with zero attached hydrogens (tertiary/aromatic N) is 2. The largest absolute Gasteiger partial charge is 0.357 e. The molecule has 0 saturated heterocycles. The quantitative estimate of drug-likeness (QED) is 0.311. The Morgan fingerprint density at radius 1 is 0.857 bits per heavy atom. The Morgan fingerprint density at radius 2 is 1.62 bits per heavy atom. The lowest BCUT2D eigenvalue weighted by molar-refractivity contribution is 0.297. The number of guanidine groups is 1. The Hall–Kier alpha value is -0.770. The van der Waals surface area contributed by atoms with E-state index in [0.29, 0.717) is 0 Å². The fourth-order valence-corrected chi connectivity index (χ4v) is 2.28. The molecule has 0 aromatic heterocycles. The van der Waals surface area contributed by atoms with Gasteiger partial charge in [-0.15, -0.1) is 0 Å². The second kappa shape index (κ2) is 15.6. The van der Waals surface area contributed by atoms with Crippen LogP contribution in [0.25, 0.3) is 0 Å². The van der Waals surface area contributed by atoms with Gasteiger partial charge in [-0.25, -0.2) is 0 Å². The number of nitrogens with one attached hydrogen (secondary N) is 2. The molecule has 0 saturated carbocycles. The molecule has 21 heavy (non-hydrogen) atoms. The first-order valence-corrected chi connectivity index (χ1v) is 9.02. The summed E-state index contributed by atoms with van der Waals surface area (Å²) in [5, 5.41) is 6.77. The van der Waals surface area contributed by atoms with Crippen molar-refractivity contribution in [2.24, 2.45) is 4.99 Å². The van der Waals surface area contributed by atoms with Crippen LogP contribution >= 0.6 is 0 Å². The summed E-state index contributed by atoms with van der Waals surface area (Å²) in [7, 11) is 0. The van der Waals surface area contributed by atoms with E-state index in [1.54, 1.807) is 0 Å². The molecule has 0 aromatic rings. The van der Waals surface area contributed by atoms with Crippen LogP contribution in [0.3, 0.4) is 0 Å². The lowest BCUT2D eigenvalue weighted by Crippen LogP contribution is -2.38. The van der Waals surface area contributed by atoms with Gasteiger partial charge in [0.15, 0.2) is 5.96 Å². The van der Waals surface area contributed by atoms with Gasteiger partial charge < -0.3 is 15.5 Å². The van der Waals surface area contributed by atoms with Gasteiger partial charge in [0.25, 0.3) is 0 Å². The average molecular weight is 299 g/mol. The lowest BCUT2D eigenvalue weighted by Gasteiger charge is -2.18. The molecule has 0 amide bonds. The number of rotatable bonds is 13. The molecule has 2 N–H and O–H groups in total. The highest BCUT2D eigenvalue weighted by molar-refractivity contribution is 5.79. The van der Waals surface area contributed by atoms with Crippen LogP contribution in [0.5, 0.6) is 0 Å². The molecule has 0 aliphatic rings. The minimum absolute atomic E-state index is 0.931. The molecule has 0 aliphatic carbocycles. The third kappa shape index (κ3) is 12.7. The van der Waals surface area contributed by atoms with E-state index in [1.807, 2.05) is 0 Å². The summed E-state index contributed by atoms with van der Waals surface area (Å²) < 4.78 is 0. The Bertz CT molecular complexity index is 237. The van der Waals surface area contributed by atoms with Crippen molar-refractivity contribution in [1.29, 1.82) is 0 Å². The monoisotopic (exact) mass is 298 g/mol. The maximum Gasteiger partial charge on any atom is 0.191 e. The summed E-state index contributed by atoms with van der Waals surface area (Å²) in [6.45, 7) is 15.2. The van der Waals surface area contributed by atoms with E-state index in [4.69, 9.17) is 0 Å². The van der Waals surface area contributed by atoms with Crippen LogP contribution in [0.2, 0.25) is 0 Å². The summed E-state index contributed by atoms with van der Waals surface area (Å²) in [5.41, 5.74) is 0. The van der Waals surface area contributed by atoms with Crippen LogP contribution in [-0.2, 0) is 0 Å². The van der Waals surface area contributed by atoms with Gasteiger partial charge in [-0.1, -0.05) is 40.0 Å². The molecular weight excluding hydrogens is 260 g/mol. The fourth-order valence-electron chi connectivity index (χ4n) is 2.28. The molecule has 0 unspecified atom stereocenters. The highest BCUT2D eigenvalue weighted by Crippen LogP contribution is 1.98. The van der Waals surface area contributed by atoms with Crippen LogP contribution in [0.1, 0.15) is 66.2 Å². The summed E-state index contributed by atoms with van der Waals surface area (Å²) in [6.07, 6.45) is 7.57. The second-order valence-electron chi connectivity index (χ2n) is 5.48. The van der Waals surface area contributed by atoms with Gasteiger partial charge in [-0.05, 0) is 45.8 Å². The van der Waals surface area contributed by atoms with E-state index in [-0.39, 0.29) is 0 Å². The Kier molecular flexibility index (Phi) is 15.0. The van der Waals surface area contributed by atoms with E-state index in [2.05, 4.69) is 48.2 Å². The van der Waals surface area contributed by atoms with E-state index < -0.39 is 0 Å². The summed E-state index contributed by atoms with van der Waals surface area (Å²) in [4.78, 5) is 7.11. The van der Waals surface area contributed by atoms with Crippen LogP contribution < -0.4 is 10.6 Å². The van der Waals surface area contributed by atoms with Crippen molar-refractivity contribution in [3.05, 3.63) is 0 Å². The van der Waals surface area contributed by atoms with Crippen LogP contribution in [-0.4, -0.2) is 50.1 Å². The second-order valence-corrected chi connectivity index (χ2v) is 5.48. The van der Waals surface area contributed by atoms with Crippen LogP contribution in [0, 0.1) is 0 Å². The highest BCUT2D eigenvalue weighted by atomic mass is 15.2. The molecule has 4 heteroatoms. The summed E-state index contributed by atoms with van der Waals surface area (Å²) in [5.74, 6) is 0.983. The Labute approximate surface area is 132 Å². The molecule has 0 aromatic carbocycles. The maximum atomic E-state index is 4.63. The minimum atomic E-state index is 0.931. The molecule has 0 atom stereocenters. The van der Waals surface area contributed by atoms with Gasteiger partial charge in [0.2, 0.25) is 0 Å². The standard InChI is InChI=1S/C17H38N4/c1-5-9-10-11-14-19-17(18-6-2)20-15-12-13-16-21(7-3)8-4/h5-16H2,1-4H3,(H2,18,19,20).